The molecular formula is C13H11FN2O3S. The van der Waals surface area contributed by atoms with E-state index < -0.39 is 17.8 Å². The van der Waals surface area contributed by atoms with Crippen molar-refractivity contribution < 1.29 is 19.1 Å². The number of anilines is 1. The van der Waals surface area contributed by atoms with E-state index in [1.165, 1.54) is 18.2 Å². The predicted molar refractivity (Wildman–Crippen MR) is 74.6 cm³/mol. The average molecular weight is 294 g/mol. The Bertz CT molecular complexity index is 697. The Kier molecular flexibility index (Phi) is 3.71. The third kappa shape index (κ3) is 2.62. The van der Waals surface area contributed by atoms with Crippen LogP contribution in [0.2, 0.25) is 0 Å². The monoisotopic (exact) mass is 294 g/mol. The number of nitrogens with one attached hydrogen (secondary N) is 1. The molecule has 7 heteroatoms. The maximum Gasteiger partial charge on any atom is 0.348 e. The fraction of sp³-hybridized carbons (Fsp3) is 0.0769. The van der Waals surface area contributed by atoms with Crippen molar-refractivity contribution in [1.82, 2.24) is 0 Å². The second-order valence-electron chi connectivity index (χ2n) is 4.07. The summed E-state index contributed by atoms with van der Waals surface area (Å²) in [6.45, 7) is 1.65. The van der Waals surface area contributed by atoms with Gasteiger partial charge in [-0.1, -0.05) is 12.1 Å². The van der Waals surface area contributed by atoms with Crippen molar-refractivity contribution in [2.75, 3.05) is 5.32 Å². The van der Waals surface area contributed by atoms with E-state index in [4.69, 9.17) is 10.8 Å². The van der Waals surface area contributed by atoms with Crippen LogP contribution in [-0.4, -0.2) is 17.1 Å². The van der Waals surface area contributed by atoms with E-state index >= 15 is 0 Å². The number of benzene rings is 1. The summed E-state index contributed by atoms with van der Waals surface area (Å²) >= 11 is 0.962. The number of aromatic carboxylic acids is 1. The standard InChI is InChI=1S/C13H11FN2O3S/c1-6-9(16-13(15)19)11(12(17)18)20-10(6)7-3-2-4-8(14)5-7/h2-5H,1H3,(H,17,18)(H3,15,16,19). The van der Waals surface area contributed by atoms with Crippen molar-refractivity contribution in [1.29, 1.82) is 0 Å². The Balaban J connectivity index is 2.61. The molecule has 0 radical (unpaired) electrons. The maximum absolute atomic E-state index is 13.3. The van der Waals surface area contributed by atoms with Crippen LogP contribution in [0.1, 0.15) is 15.2 Å². The minimum Gasteiger partial charge on any atom is -0.477 e. The number of hydrogen-bond donors (Lipinski definition) is 3. The van der Waals surface area contributed by atoms with Gasteiger partial charge in [-0.25, -0.2) is 14.0 Å². The summed E-state index contributed by atoms with van der Waals surface area (Å²) < 4.78 is 13.3. The lowest BCUT2D eigenvalue weighted by Crippen LogP contribution is -2.20. The first kappa shape index (κ1) is 14.0. The van der Waals surface area contributed by atoms with Gasteiger partial charge in [-0.05, 0) is 30.2 Å². The fourth-order valence-corrected chi connectivity index (χ4v) is 2.94. The van der Waals surface area contributed by atoms with E-state index in [9.17, 15) is 14.0 Å². The summed E-state index contributed by atoms with van der Waals surface area (Å²) in [5.41, 5.74) is 6.27. The van der Waals surface area contributed by atoms with E-state index in [0.717, 1.165) is 11.3 Å². The van der Waals surface area contributed by atoms with E-state index in [1.807, 2.05) is 0 Å². The molecule has 0 spiro atoms. The number of carboxylic acids is 1. The van der Waals surface area contributed by atoms with Gasteiger partial charge in [-0.3, -0.25) is 0 Å². The zero-order valence-electron chi connectivity index (χ0n) is 10.4. The second kappa shape index (κ2) is 5.30. The second-order valence-corrected chi connectivity index (χ2v) is 5.09. The lowest BCUT2D eigenvalue weighted by Gasteiger charge is -2.03. The average Bonchev–Trinajstić information content (AvgIpc) is 2.67. The number of rotatable bonds is 3. The van der Waals surface area contributed by atoms with Crippen molar-refractivity contribution in [2.24, 2.45) is 5.73 Å². The van der Waals surface area contributed by atoms with Crippen LogP contribution in [0.25, 0.3) is 10.4 Å². The van der Waals surface area contributed by atoms with Gasteiger partial charge in [0.15, 0.2) is 0 Å². The number of halogens is 1. The first-order valence-electron chi connectivity index (χ1n) is 5.59. The van der Waals surface area contributed by atoms with Crippen molar-refractivity contribution in [3.8, 4) is 10.4 Å². The molecule has 0 aliphatic carbocycles. The summed E-state index contributed by atoms with van der Waals surface area (Å²) in [4.78, 5) is 22.7. The Morgan fingerprint density at radius 1 is 1.40 bits per heavy atom. The summed E-state index contributed by atoms with van der Waals surface area (Å²) in [5, 5.41) is 11.5. The van der Waals surface area contributed by atoms with Crippen molar-refractivity contribution >= 4 is 29.0 Å². The number of carboxylic acid groups (broad SMARTS) is 1. The smallest absolute Gasteiger partial charge is 0.348 e. The van der Waals surface area contributed by atoms with Crippen LogP contribution in [0.5, 0.6) is 0 Å². The van der Waals surface area contributed by atoms with Crippen molar-refractivity contribution in [2.45, 2.75) is 6.92 Å². The Labute approximate surface area is 117 Å². The van der Waals surface area contributed by atoms with Gasteiger partial charge in [-0.2, -0.15) is 0 Å². The van der Waals surface area contributed by atoms with Crippen LogP contribution in [0.3, 0.4) is 0 Å². The van der Waals surface area contributed by atoms with Gasteiger partial charge in [0.2, 0.25) is 0 Å². The zero-order valence-corrected chi connectivity index (χ0v) is 11.3. The topological polar surface area (TPSA) is 92.4 Å². The Morgan fingerprint density at radius 2 is 2.10 bits per heavy atom. The van der Waals surface area contributed by atoms with E-state index in [1.54, 1.807) is 13.0 Å². The van der Waals surface area contributed by atoms with E-state index in [2.05, 4.69) is 5.32 Å². The predicted octanol–water partition coefficient (Wildman–Crippen LogP) is 3.05. The number of primary amides is 1. The number of hydrogen-bond acceptors (Lipinski definition) is 3. The molecule has 0 unspecified atom stereocenters. The van der Waals surface area contributed by atoms with E-state index in [-0.39, 0.29) is 10.6 Å². The van der Waals surface area contributed by atoms with Gasteiger partial charge in [0, 0.05) is 4.88 Å². The Hall–Kier alpha value is -2.41. The molecule has 1 heterocycles. The fourth-order valence-electron chi connectivity index (χ4n) is 1.84. The van der Waals surface area contributed by atoms with Crippen LogP contribution >= 0.6 is 11.3 Å². The molecule has 0 bridgehead atoms. The first-order valence-corrected chi connectivity index (χ1v) is 6.41. The highest BCUT2D eigenvalue weighted by molar-refractivity contribution is 7.18. The van der Waals surface area contributed by atoms with Crippen molar-refractivity contribution in [3.05, 3.63) is 40.5 Å². The van der Waals surface area contributed by atoms with Crippen LogP contribution < -0.4 is 11.1 Å². The molecule has 0 saturated heterocycles. The lowest BCUT2D eigenvalue weighted by atomic mass is 10.1. The minimum atomic E-state index is -1.18. The number of carbonyl (C=O) groups is 2. The normalized spacial score (nSPS) is 10.3. The van der Waals surface area contributed by atoms with Crippen molar-refractivity contribution in [3.63, 3.8) is 0 Å². The number of thiophene rings is 1. The number of amides is 2. The largest absolute Gasteiger partial charge is 0.477 e. The highest BCUT2D eigenvalue weighted by atomic mass is 32.1. The first-order chi connectivity index (χ1) is 9.40. The molecule has 2 rings (SSSR count). The van der Waals surface area contributed by atoms with Crippen LogP contribution in [-0.2, 0) is 0 Å². The Morgan fingerprint density at radius 3 is 2.65 bits per heavy atom. The molecule has 2 aromatic rings. The molecule has 104 valence electrons. The molecule has 0 aliphatic heterocycles. The quantitative estimate of drug-likeness (QED) is 0.812. The number of urea groups is 1. The third-order valence-electron chi connectivity index (χ3n) is 2.68. The molecule has 0 fully saturated rings. The van der Waals surface area contributed by atoms with Gasteiger partial charge >= 0.3 is 12.0 Å². The molecule has 5 nitrogen and oxygen atoms in total. The summed E-state index contributed by atoms with van der Waals surface area (Å²) in [5.74, 6) is -1.60. The van der Waals surface area contributed by atoms with Gasteiger partial charge in [0.1, 0.15) is 10.7 Å². The highest BCUT2D eigenvalue weighted by Crippen LogP contribution is 2.39. The third-order valence-corrected chi connectivity index (χ3v) is 4.00. The molecule has 20 heavy (non-hydrogen) atoms. The highest BCUT2D eigenvalue weighted by Gasteiger charge is 2.22. The summed E-state index contributed by atoms with van der Waals surface area (Å²) in [7, 11) is 0. The minimum absolute atomic E-state index is 0.0411. The maximum atomic E-state index is 13.3. The molecule has 2 amide bonds. The van der Waals surface area contributed by atoms with Gasteiger partial charge < -0.3 is 16.2 Å². The van der Waals surface area contributed by atoms with Crippen LogP contribution in [0.4, 0.5) is 14.9 Å². The lowest BCUT2D eigenvalue weighted by molar-refractivity contribution is 0.0703. The molecule has 1 aromatic carbocycles. The molecule has 0 saturated carbocycles. The summed E-state index contributed by atoms with van der Waals surface area (Å²) in [6, 6.07) is 4.96. The van der Waals surface area contributed by atoms with Crippen LogP contribution in [0.15, 0.2) is 24.3 Å². The van der Waals surface area contributed by atoms with Gasteiger partial charge in [0.05, 0.1) is 5.69 Å². The molecule has 0 aliphatic rings. The van der Waals surface area contributed by atoms with Crippen LogP contribution in [0, 0.1) is 12.7 Å². The molecule has 4 N–H and O–H groups in total. The number of carbonyl (C=O) groups excluding carboxylic acids is 1. The van der Waals surface area contributed by atoms with Gasteiger partial charge in [0.25, 0.3) is 0 Å². The molecular weight excluding hydrogens is 283 g/mol. The summed E-state index contributed by atoms with van der Waals surface area (Å²) in [6.07, 6.45) is 0. The van der Waals surface area contributed by atoms with Gasteiger partial charge in [-0.15, -0.1) is 11.3 Å². The molecule has 1 aromatic heterocycles. The SMILES string of the molecule is Cc1c(-c2cccc(F)c2)sc(C(=O)O)c1NC(N)=O. The van der Waals surface area contributed by atoms with E-state index in [0.29, 0.717) is 16.0 Å². The molecule has 0 atom stereocenters. The zero-order chi connectivity index (χ0) is 14.9. The number of nitrogens with two attached hydrogens (primary N) is 1.